The fourth-order valence-electron chi connectivity index (χ4n) is 3.38. The lowest BCUT2D eigenvalue weighted by molar-refractivity contribution is 0.0675. The zero-order valence-corrected chi connectivity index (χ0v) is 16.5. The Labute approximate surface area is 167 Å². The highest BCUT2D eigenvalue weighted by atomic mass is 35.5. The fourth-order valence-corrected chi connectivity index (χ4v) is 3.49. The summed E-state index contributed by atoms with van der Waals surface area (Å²) in [6.07, 6.45) is 3.46. The molecular formula is C19H21ClN6O2. The molecule has 0 aromatic carbocycles. The third-order valence-electron chi connectivity index (χ3n) is 4.95. The van der Waals surface area contributed by atoms with E-state index >= 15 is 0 Å². The molecule has 0 saturated carbocycles. The van der Waals surface area contributed by atoms with Crippen molar-refractivity contribution < 1.29 is 9.53 Å². The number of carbonyl (C=O) groups excluding carboxylic acids is 1. The van der Waals surface area contributed by atoms with Crippen LogP contribution in [0.25, 0.3) is 11.0 Å². The highest BCUT2D eigenvalue weighted by Gasteiger charge is 2.24. The number of amides is 1. The maximum atomic E-state index is 12.1. The summed E-state index contributed by atoms with van der Waals surface area (Å²) in [5.74, 6) is 0.429. The molecule has 0 aliphatic carbocycles. The molecule has 4 rings (SSSR count). The highest BCUT2D eigenvalue weighted by molar-refractivity contribution is 6.29. The van der Waals surface area contributed by atoms with Gasteiger partial charge in [-0.15, -0.1) is 0 Å². The smallest absolute Gasteiger partial charge is 0.269 e. The first-order valence-electron chi connectivity index (χ1n) is 9.13. The van der Waals surface area contributed by atoms with Crippen LogP contribution in [0.4, 0.5) is 11.5 Å². The Morgan fingerprint density at radius 2 is 2.07 bits per heavy atom. The van der Waals surface area contributed by atoms with Gasteiger partial charge < -0.3 is 15.0 Å². The number of fused-ring (bicyclic) bond motifs is 1. The van der Waals surface area contributed by atoms with Gasteiger partial charge in [0.15, 0.2) is 5.82 Å². The van der Waals surface area contributed by atoms with Crippen LogP contribution in [0.1, 0.15) is 29.4 Å². The summed E-state index contributed by atoms with van der Waals surface area (Å²) in [7, 11) is 3.49. The molecule has 0 atom stereocenters. The predicted molar refractivity (Wildman–Crippen MR) is 107 cm³/mol. The molecule has 1 aliphatic heterocycles. The van der Waals surface area contributed by atoms with Crippen molar-refractivity contribution in [3.63, 3.8) is 0 Å². The van der Waals surface area contributed by atoms with Crippen molar-refractivity contribution in [2.45, 2.75) is 18.9 Å². The van der Waals surface area contributed by atoms with E-state index in [1.54, 1.807) is 25.4 Å². The number of nitrogens with one attached hydrogen (secondary N) is 1. The lowest BCUT2D eigenvalue weighted by Crippen LogP contribution is -2.21. The number of halogens is 1. The lowest BCUT2D eigenvalue weighted by Gasteiger charge is -2.23. The first-order valence-corrected chi connectivity index (χ1v) is 9.50. The standard InChI is InChI=1S/C19H21ClN6O2/c1-21-19(27)14-4-5-15-17(23-14)18(24-26(15)12-7-9-28-10-8-12)25(2)13-3-6-16(20)22-11-13/h3-6,11-12H,7-10H2,1-2H3,(H,21,27). The average molecular weight is 401 g/mol. The van der Waals surface area contributed by atoms with Gasteiger partial charge in [0.1, 0.15) is 16.4 Å². The maximum Gasteiger partial charge on any atom is 0.269 e. The van der Waals surface area contributed by atoms with Gasteiger partial charge in [0.25, 0.3) is 5.91 Å². The topological polar surface area (TPSA) is 85.2 Å². The summed E-state index contributed by atoms with van der Waals surface area (Å²) >= 11 is 5.92. The Morgan fingerprint density at radius 1 is 1.29 bits per heavy atom. The number of ether oxygens (including phenoxy) is 1. The molecule has 28 heavy (non-hydrogen) atoms. The van der Waals surface area contributed by atoms with Gasteiger partial charge in [0.2, 0.25) is 0 Å². The van der Waals surface area contributed by atoms with E-state index in [0.29, 0.717) is 35.4 Å². The molecule has 0 spiro atoms. The van der Waals surface area contributed by atoms with E-state index in [-0.39, 0.29) is 11.9 Å². The van der Waals surface area contributed by atoms with Crippen molar-refractivity contribution in [3.8, 4) is 0 Å². The van der Waals surface area contributed by atoms with Gasteiger partial charge in [0, 0.05) is 27.3 Å². The first-order chi connectivity index (χ1) is 13.6. The molecule has 3 aromatic heterocycles. The summed E-state index contributed by atoms with van der Waals surface area (Å²) in [6, 6.07) is 7.47. The number of hydrogen-bond donors (Lipinski definition) is 1. The van der Waals surface area contributed by atoms with Crippen molar-refractivity contribution in [1.29, 1.82) is 0 Å². The average Bonchev–Trinajstić information content (AvgIpc) is 3.12. The van der Waals surface area contributed by atoms with Crippen LogP contribution in [0.5, 0.6) is 0 Å². The summed E-state index contributed by atoms with van der Waals surface area (Å²) in [5.41, 5.74) is 2.74. The quantitative estimate of drug-likeness (QED) is 0.678. The minimum absolute atomic E-state index is 0.231. The zero-order chi connectivity index (χ0) is 19.7. The van der Waals surface area contributed by atoms with E-state index in [9.17, 15) is 4.79 Å². The maximum absolute atomic E-state index is 12.1. The summed E-state index contributed by atoms with van der Waals surface area (Å²) in [5, 5.41) is 7.92. The largest absolute Gasteiger partial charge is 0.381 e. The number of pyridine rings is 2. The molecule has 1 aliphatic rings. The molecule has 4 heterocycles. The molecule has 1 amide bonds. The number of nitrogens with zero attached hydrogens (tertiary/aromatic N) is 5. The molecule has 1 N–H and O–H groups in total. The van der Waals surface area contributed by atoms with Crippen LogP contribution >= 0.6 is 11.6 Å². The minimum atomic E-state index is -0.234. The Morgan fingerprint density at radius 3 is 2.75 bits per heavy atom. The van der Waals surface area contributed by atoms with Crippen molar-refractivity contribution in [3.05, 3.63) is 41.3 Å². The van der Waals surface area contributed by atoms with Gasteiger partial charge in [-0.2, -0.15) is 5.10 Å². The summed E-state index contributed by atoms with van der Waals surface area (Å²) < 4.78 is 7.50. The third-order valence-corrected chi connectivity index (χ3v) is 5.17. The Balaban J connectivity index is 1.84. The van der Waals surface area contributed by atoms with Crippen molar-refractivity contribution in [1.82, 2.24) is 25.1 Å². The summed E-state index contributed by atoms with van der Waals surface area (Å²) in [6.45, 7) is 1.42. The molecule has 8 nitrogen and oxygen atoms in total. The number of carbonyl (C=O) groups is 1. The number of aromatic nitrogens is 4. The van der Waals surface area contributed by atoms with Crippen LogP contribution in [0.15, 0.2) is 30.5 Å². The van der Waals surface area contributed by atoms with Crippen LogP contribution in [-0.2, 0) is 4.74 Å². The zero-order valence-electron chi connectivity index (χ0n) is 15.7. The van der Waals surface area contributed by atoms with Crippen LogP contribution in [0.3, 0.4) is 0 Å². The van der Waals surface area contributed by atoms with Gasteiger partial charge >= 0.3 is 0 Å². The predicted octanol–water partition coefficient (Wildman–Crippen LogP) is 2.96. The molecule has 9 heteroatoms. The highest BCUT2D eigenvalue weighted by Crippen LogP contribution is 2.33. The normalized spacial score (nSPS) is 15.0. The van der Waals surface area contributed by atoms with E-state index in [2.05, 4.69) is 15.3 Å². The fraction of sp³-hybridized carbons (Fsp3) is 0.368. The van der Waals surface area contributed by atoms with E-state index < -0.39 is 0 Å². The van der Waals surface area contributed by atoms with E-state index in [1.807, 2.05) is 28.8 Å². The molecular weight excluding hydrogens is 380 g/mol. The second kappa shape index (κ2) is 7.73. The van der Waals surface area contributed by atoms with Crippen molar-refractivity contribution >= 4 is 40.0 Å². The van der Waals surface area contributed by atoms with Gasteiger partial charge in [-0.3, -0.25) is 9.48 Å². The minimum Gasteiger partial charge on any atom is -0.381 e. The second-order valence-corrected chi connectivity index (χ2v) is 7.04. The van der Waals surface area contributed by atoms with Gasteiger partial charge in [-0.25, -0.2) is 9.97 Å². The molecule has 3 aromatic rings. The molecule has 1 saturated heterocycles. The number of hydrogen-bond acceptors (Lipinski definition) is 6. The van der Waals surface area contributed by atoms with Crippen molar-refractivity contribution in [2.75, 3.05) is 32.2 Å². The Kier molecular flexibility index (Phi) is 5.15. The van der Waals surface area contributed by atoms with Crippen LogP contribution in [0.2, 0.25) is 5.15 Å². The van der Waals surface area contributed by atoms with Gasteiger partial charge in [-0.05, 0) is 37.1 Å². The lowest BCUT2D eigenvalue weighted by atomic mass is 10.1. The van der Waals surface area contributed by atoms with Crippen LogP contribution in [-0.4, -0.2) is 53.0 Å². The first kappa shape index (κ1) is 18.6. The summed E-state index contributed by atoms with van der Waals surface area (Å²) in [4.78, 5) is 22.8. The number of rotatable bonds is 4. The molecule has 1 fully saturated rings. The van der Waals surface area contributed by atoms with Gasteiger partial charge in [0.05, 0.1) is 23.4 Å². The van der Waals surface area contributed by atoms with E-state index in [4.69, 9.17) is 21.4 Å². The SMILES string of the molecule is CNC(=O)c1ccc2c(n1)c(N(C)c1ccc(Cl)nc1)nn2C1CCOCC1. The third kappa shape index (κ3) is 3.41. The Bertz CT molecular complexity index is 998. The molecule has 0 bridgehead atoms. The van der Waals surface area contributed by atoms with E-state index in [1.165, 1.54) is 0 Å². The van der Waals surface area contributed by atoms with Crippen LogP contribution in [0, 0.1) is 0 Å². The van der Waals surface area contributed by atoms with Crippen LogP contribution < -0.4 is 10.2 Å². The molecule has 0 radical (unpaired) electrons. The molecule has 0 unspecified atom stereocenters. The van der Waals surface area contributed by atoms with Gasteiger partial charge in [-0.1, -0.05) is 11.6 Å². The molecule has 146 valence electrons. The van der Waals surface area contributed by atoms with Crippen molar-refractivity contribution in [2.24, 2.45) is 0 Å². The second-order valence-electron chi connectivity index (χ2n) is 6.65. The Hall–Kier alpha value is -2.71. The van der Waals surface area contributed by atoms with E-state index in [0.717, 1.165) is 24.0 Å². The number of anilines is 2. The monoisotopic (exact) mass is 400 g/mol.